The molecule has 0 atom stereocenters. The van der Waals surface area contributed by atoms with Crippen LogP contribution in [0.25, 0.3) is 0 Å². The Bertz CT molecular complexity index is 611. The smallest absolute Gasteiger partial charge is 0.335 e. The number of rotatable bonds is 4. The van der Waals surface area contributed by atoms with Gasteiger partial charge in [0.2, 0.25) is 0 Å². The van der Waals surface area contributed by atoms with Crippen molar-refractivity contribution in [1.29, 1.82) is 0 Å². The fraction of sp³-hybridized carbons (Fsp3) is 0.214. The van der Waals surface area contributed by atoms with Crippen LogP contribution < -0.4 is 10.6 Å². The Balaban J connectivity index is 3.03. The van der Waals surface area contributed by atoms with E-state index in [1.165, 1.54) is 0 Å². The predicted octanol–water partition coefficient (Wildman–Crippen LogP) is 1.62. The highest BCUT2D eigenvalue weighted by Gasteiger charge is 2.18. The molecule has 7 heteroatoms. The summed E-state index contributed by atoms with van der Waals surface area (Å²) >= 11 is 0. The van der Waals surface area contributed by atoms with Gasteiger partial charge in [0, 0.05) is 5.69 Å². The van der Waals surface area contributed by atoms with Crippen molar-refractivity contribution in [2.75, 3.05) is 5.32 Å². The van der Waals surface area contributed by atoms with Crippen LogP contribution in [0.4, 0.5) is 10.5 Å². The van der Waals surface area contributed by atoms with Gasteiger partial charge in [0.15, 0.2) is 0 Å². The van der Waals surface area contributed by atoms with Crippen molar-refractivity contribution in [1.82, 2.24) is 5.32 Å². The molecular formula is C14H14N2O5. The Labute approximate surface area is 121 Å². The summed E-state index contributed by atoms with van der Waals surface area (Å²) in [6.45, 7) is 3.20. The summed E-state index contributed by atoms with van der Waals surface area (Å²) in [7, 11) is 0. The maximum absolute atomic E-state index is 11.7. The summed E-state index contributed by atoms with van der Waals surface area (Å²) < 4.78 is 0. The molecule has 1 rings (SSSR count). The molecule has 0 aliphatic rings. The van der Waals surface area contributed by atoms with E-state index in [2.05, 4.69) is 16.6 Å². The molecule has 0 spiro atoms. The van der Waals surface area contributed by atoms with Gasteiger partial charge in [-0.1, -0.05) is 5.92 Å². The molecule has 0 heterocycles. The lowest BCUT2D eigenvalue weighted by Crippen LogP contribution is -2.44. The third-order valence-corrected chi connectivity index (χ3v) is 2.47. The van der Waals surface area contributed by atoms with E-state index in [1.807, 2.05) is 0 Å². The Morgan fingerprint density at radius 1 is 1.10 bits per heavy atom. The van der Waals surface area contributed by atoms with Crippen molar-refractivity contribution in [3.05, 3.63) is 29.3 Å². The van der Waals surface area contributed by atoms with Crippen LogP contribution in [0.1, 0.15) is 34.6 Å². The van der Waals surface area contributed by atoms with Crippen molar-refractivity contribution in [2.45, 2.75) is 19.4 Å². The molecule has 0 aliphatic carbocycles. The number of carbonyl (C=O) groups excluding carboxylic acids is 1. The second-order valence-electron chi connectivity index (χ2n) is 4.76. The van der Waals surface area contributed by atoms with Gasteiger partial charge in [-0.05, 0) is 32.0 Å². The van der Waals surface area contributed by atoms with E-state index in [1.54, 1.807) is 13.8 Å². The van der Waals surface area contributed by atoms with Gasteiger partial charge in [0.05, 0.1) is 16.7 Å². The molecule has 4 N–H and O–H groups in total. The first kappa shape index (κ1) is 16.0. The van der Waals surface area contributed by atoms with E-state index < -0.39 is 23.5 Å². The van der Waals surface area contributed by atoms with Crippen molar-refractivity contribution in [3.8, 4) is 12.3 Å². The van der Waals surface area contributed by atoms with Crippen LogP contribution in [0, 0.1) is 12.3 Å². The van der Waals surface area contributed by atoms with Crippen LogP contribution in [0.15, 0.2) is 18.2 Å². The maximum Gasteiger partial charge on any atom is 0.335 e. The molecule has 2 amide bonds. The first-order chi connectivity index (χ1) is 9.64. The molecule has 1 aromatic carbocycles. The molecule has 0 saturated carbocycles. The molecule has 7 nitrogen and oxygen atoms in total. The standard InChI is InChI=1S/C14H14N2O5/c1-4-14(2,3)16-13(21)15-10-6-8(11(17)18)5-9(7-10)12(19)20/h1,5-7H,2-3H3,(H,17,18)(H,19,20)(H2,15,16,21). The third kappa shape index (κ3) is 4.54. The number of anilines is 1. The molecule has 110 valence electrons. The minimum atomic E-state index is -1.30. The molecule has 21 heavy (non-hydrogen) atoms. The van der Waals surface area contributed by atoms with E-state index in [9.17, 15) is 14.4 Å². The number of urea groups is 1. The number of benzene rings is 1. The number of amides is 2. The number of terminal acetylenes is 1. The van der Waals surface area contributed by atoms with Crippen molar-refractivity contribution in [3.63, 3.8) is 0 Å². The summed E-state index contributed by atoms with van der Waals surface area (Å²) in [5.74, 6) is -0.244. The minimum absolute atomic E-state index is 0.0395. The van der Waals surface area contributed by atoms with Gasteiger partial charge in [0.1, 0.15) is 0 Å². The molecule has 0 radical (unpaired) electrons. The Morgan fingerprint density at radius 3 is 1.95 bits per heavy atom. The first-order valence-corrected chi connectivity index (χ1v) is 5.83. The van der Waals surface area contributed by atoms with Crippen molar-refractivity contribution < 1.29 is 24.6 Å². The lowest BCUT2D eigenvalue weighted by atomic mass is 10.1. The summed E-state index contributed by atoms with van der Waals surface area (Å²) in [6, 6.07) is 2.63. The maximum atomic E-state index is 11.7. The van der Waals surface area contributed by atoms with Gasteiger partial charge in [-0.3, -0.25) is 0 Å². The molecule has 0 bridgehead atoms. The molecule has 1 aromatic rings. The molecular weight excluding hydrogens is 276 g/mol. The van der Waals surface area contributed by atoms with Gasteiger partial charge in [-0.15, -0.1) is 6.42 Å². The van der Waals surface area contributed by atoms with Crippen LogP contribution in [0.3, 0.4) is 0 Å². The highest BCUT2D eigenvalue weighted by Crippen LogP contribution is 2.16. The summed E-state index contributed by atoms with van der Waals surface area (Å²) in [6.07, 6.45) is 5.23. The Morgan fingerprint density at radius 2 is 1.57 bits per heavy atom. The number of hydrogen-bond acceptors (Lipinski definition) is 3. The second kappa shape index (κ2) is 5.96. The van der Waals surface area contributed by atoms with E-state index in [0.29, 0.717) is 0 Å². The predicted molar refractivity (Wildman–Crippen MR) is 75.4 cm³/mol. The summed E-state index contributed by atoms with van der Waals surface area (Å²) in [5.41, 5.74) is -1.36. The summed E-state index contributed by atoms with van der Waals surface area (Å²) in [4.78, 5) is 33.6. The average molecular weight is 290 g/mol. The number of aromatic carboxylic acids is 2. The van der Waals surface area contributed by atoms with E-state index >= 15 is 0 Å². The summed E-state index contributed by atoms with van der Waals surface area (Å²) in [5, 5.41) is 22.7. The number of carboxylic acid groups (broad SMARTS) is 2. The highest BCUT2D eigenvalue weighted by atomic mass is 16.4. The van der Waals surface area contributed by atoms with Gasteiger partial charge < -0.3 is 20.8 Å². The quantitative estimate of drug-likeness (QED) is 0.629. The number of hydrogen-bond donors (Lipinski definition) is 4. The van der Waals surface area contributed by atoms with E-state index in [-0.39, 0.29) is 16.8 Å². The van der Waals surface area contributed by atoms with Crippen molar-refractivity contribution in [2.24, 2.45) is 0 Å². The van der Waals surface area contributed by atoms with E-state index in [4.69, 9.17) is 16.6 Å². The van der Waals surface area contributed by atoms with Crippen LogP contribution in [-0.2, 0) is 0 Å². The average Bonchev–Trinajstić information content (AvgIpc) is 2.37. The second-order valence-corrected chi connectivity index (χ2v) is 4.76. The fourth-order valence-corrected chi connectivity index (χ4v) is 1.43. The van der Waals surface area contributed by atoms with Crippen LogP contribution >= 0.6 is 0 Å². The van der Waals surface area contributed by atoms with E-state index in [0.717, 1.165) is 18.2 Å². The monoisotopic (exact) mass is 290 g/mol. The Hall–Kier alpha value is -3.01. The number of carboxylic acids is 2. The molecule has 0 unspecified atom stereocenters. The zero-order valence-corrected chi connectivity index (χ0v) is 11.4. The Kier molecular flexibility index (Phi) is 4.56. The van der Waals surface area contributed by atoms with Gasteiger partial charge in [0.25, 0.3) is 0 Å². The van der Waals surface area contributed by atoms with Gasteiger partial charge >= 0.3 is 18.0 Å². The zero-order chi connectivity index (χ0) is 16.2. The topological polar surface area (TPSA) is 116 Å². The highest BCUT2D eigenvalue weighted by molar-refractivity contribution is 5.98. The SMILES string of the molecule is C#CC(C)(C)NC(=O)Nc1cc(C(=O)O)cc(C(=O)O)c1. The van der Waals surface area contributed by atoms with Gasteiger partial charge in [-0.2, -0.15) is 0 Å². The number of nitrogens with one attached hydrogen (secondary N) is 2. The van der Waals surface area contributed by atoms with Crippen LogP contribution in [0.2, 0.25) is 0 Å². The first-order valence-electron chi connectivity index (χ1n) is 5.83. The van der Waals surface area contributed by atoms with Crippen LogP contribution in [0.5, 0.6) is 0 Å². The zero-order valence-electron chi connectivity index (χ0n) is 11.4. The van der Waals surface area contributed by atoms with Crippen molar-refractivity contribution >= 4 is 23.7 Å². The third-order valence-electron chi connectivity index (χ3n) is 2.47. The molecule has 0 aromatic heterocycles. The molecule has 0 saturated heterocycles. The number of carbonyl (C=O) groups is 3. The van der Waals surface area contributed by atoms with Gasteiger partial charge in [-0.25, -0.2) is 14.4 Å². The molecule has 0 aliphatic heterocycles. The lowest BCUT2D eigenvalue weighted by molar-refractivity contribution is 0.0696. The fourth-order valence-electron chi connectivity index (χ4n) is 1.43. The normalized spacial score (nSPS) is 10.3. The lowest BCUT2D eigenvalue weighted by Gasteiger charge is -2.20. The molecule has 0 fully saturated rings. The van der Waals surface area contributed by atoms with Crippen LogP contribution in [-0.4, -0.2) is 33.7 Å². The largest absolute Gasteiger partial charge is 0.478 e. The minimum Gasteiger partial charge on any atom is -0.478 e.